The van der Waals surface area contributed by atoms with Crippen molar-refractivity contribution in [2.75, 3.05) is 10.6 Å². The van der Waals surface area contributed by atoms with E-state index in [1.807, 2.05) is 0 Å². The highest BCUT2D eigenvalue weighted by Gasteiger charge is 2.29. The highest BCUT2D eigenvalue weighted by molar-refractivity contribution is 6.04. The van der Waals surface area contributed by atoms with Crippen molar-refractivity contribution in [3.63, 3.8) is 0 Å². The SMILES string of the molecule is CC(O)C1Nc2ccc(C(=O)O)cc2NC1=O. The van der Waals surface area contributed by atoms with Gasteiger partial charge in [-0.15, -0.1) is 0 Å². The molecule has 1 heterocycles. The van der Waals surface area contributed by atoms with Gasteiger partial charge in [-0.25, -0.2) is 4.79 Å². The van der Waals surface area contributed by atoms with Gasteiger partial charge in [0.2, 0.25) is 5.91 Å². The Morgan fingerprint density at radius 1 is 1.41 bits per heavy atom. The van der Waals surface area contributed by atoms with Gasteiger partial charge >= 0.3 is 5.97 Å². The third-order valence-corrected chi connectivity index (χ3v) is 2.60. The molecule has 1 aliphatic heterocycles. The number of carbonyl (C=O) groups is 2. The molecule has 0 radical (unpaired) electrons. The first kappa shape index (κ1) is 11.4. The molecule has 0 saturated heterocycles. The molecule has 6 heteroatoms. The first-order valence-electron chi connectivity index (χ1n) is 5.12. The lowest BCUT2D eigenvalue weighted by molar-refractivity contribution is -0.118. The van der Waals surface area contributed by atoms with Gasteiger partial charge < -0.3 is 20.8 Å². The zero-order chi connectivity index (χ0) is 12.6. The van der Waals surface area contributed by atoms with Gasteiger partial charge in [0, 0.05) is 0 Å². The molecule has 0 aromatic heterocycles. The van der Waals surface area contributed by atoms with Crippen LogP contribution in [-0.4, -0.2) is 34.2 Å². The van der Waals surface area contributed by atoms with E-state index in [1.54, 1.807) is 6.07 Å². The Hall–Kier alpha value is -2.08. The van der Waals surface area contributed by atoms with Crippen LogP contribution in [0, 0.1) is 0 Å². The number of fused-ring (bicyclic) bond motifs is 1. The van der Waals surface area contributed by atoms with Crippen molar-refractivity contribution >= 4 is 23.3 Å². The molecule has 0 saturated carbocycles. The summed E-state index contributed by atoms with van der Waals surface area (Å²) in [5.41, 5.74) is 1.11. The number of carbonyl (C=O) groups excluding carboxylic acids is 1. The Morgan fingerprint density at radius 3 is 2.71 bits per heavy atom. The molecule has 0 bridgehead atoms. The van der Waals surface area contributed by atoms with E-state index in [-0.39, 0.29) is 11.5 Å². The summed E-state index contributed by atoms with van der Waals surface area (Å²) < 4.78 is 0. The van der Waals surface area contributed by atoms with Crippen molar-refractivity contribution in [2.45, 2.75) is 19.1 Å². The van der Waals surface area contributed by atoms with Crippen molar-refractivity contribution in [2.24, 2.45) is 0 Å². The van der Waals surface area contributed by atoms with Crippen LogP contribution in [0.3, 0.4) is 0 Å². The Morgan fingerprint density at radius 2 is 2.12 bits per heavy atom. The van der Waals surface area contributed by atoms with Gasteiger partial charge in [0.15, 0.2) is 0 Å². The summed E-state index contributed by atoms with van der Waals surface area (Å²) in [6, 6.07) is 3.65. The maximum absolute atomic E-state index is 11.6. The molecule has 17 heavy (non-hydrogen) atoms. The number of hydrogen-bond acceptors (Lipinski definition) is 4. The van der Waals surface area contributed by atoms with Crippen molar-refractivity contribution in [3.05, 3.63) is 23.8 Å². The van der Waals surface area contributed by atoms with Crippen molar-refractivity contribution in [1.29, 1.82) is 0 Å². The van der Waals surface area contributed by atoms with E-state index >= 15 is 0 Å². The maximum Gasteiger partial charge on any atom is 0.335 e. The molecular formula is C11H12N2O4. The average molecular weight is 236 g/mol. The number of aliphatic hydroxyl groups is 1. The number of carboxylic acids is 1. The Balaban J connectivity index is 2.35. The lowest BCUT2D eigenvalue weighted by Gasteiger charge is -2.28. The third-order valence-electron chi connectivity index (χ3n) is 2.60. The fraction of sp³-hybridized carbons (Fsp3) is 0.273. The Bertz CT molecular complexity index is 484. The van der Waals surface area contributed by atoms with E-state index in [9.17, 15) is 14.7 Å². The first-order chi connectivity index (χ1) is 7.99. The Kier molecular flexibility index (Phi) is 2.72. The number of benzene rings is 1. The van der Waals surface area contributed by atoms with Crippen LogP contribution >= 0.6 is 0 Å². The second-order valence-corrected chi connectivity index (χ2v) is 3.92. The van der Waals surface area contributed by atoms with Crippen molar-refractivity contribution in [3.8, 4) is 0 Å². The molecule has 4 N–H and O–H groups in total. The monoisotopic (exact) mass is 236 g/mol. The van der Waals surface area contributed by atoms with Gasteiger partial charge in [-0.1, -0.05) is 0 Å². The molecule has 2 unspecified atom stereocenters. The van der Waals surface area contributed by atoms with E-state index in [1.165, 1.54) is 19.1 Å². The summed E-state index contributed by atoms with van der Waals surface area (Å²) in [6.07, 6.45) is -0.831. The summed E-state index contributed by atoms with van der Waals surface area (Å²) in [5.74, 6) is -1.44. The average Bonchev–Trinajstić information content (AvgIpc) is 2.26. The van der Waals surface area contributed by atoms with Gasteiger partial charge in [0.1, 0.15) is 6.04 Å². The number of anilines is 2. The number of carboxylic acid groups (broad SMARTS) is 1. The van der Waals surface area contributed by atoms with Crippen LogP contribution in [0.1, 0.15) is 17.3 Å². The minimum Gasteiger partial charge on any atom is -0.478 e. The van der Waals surface area contributed by atoms with Gasteiger partial charge in [-0.05, 0) is 25.1 Å². The number of hydrogen-bond donors (Lipinski definition) is 4. The maximum atomic E-state index is 11.6. The van der Waals surface area contributed by atoms with E-state index < -0.39 is 18.1 Å². The van der Waals surface area contributed by atoms with E-state index in [0.717, 1.165) is 0 Å². The molecule has 90 valence electrons. The smallest absolute Gasteiger partial charge is 0.335 e. The number of amides is 1. The standard InChI is InChI=1S/C11H12N2O4/c1-5(14)9-10(15)13-8-4-6(11(16)17)2-3-7(8)12-9/h2-5,9,12,14H,1H3,(H,13,15)(H,16,17). The lowest BCUT2D eigenvalue weighted by Crippen LogP contribution is -2.45. The van der Waals surface area contributed by atoms with Crippen LogP contribution < -0.4 is 10.6 Å². The molecule has 1 aromatic rings. The van der Waals surface area contributed by atoms with Crippen molar-refractivity contribution in [1.82, 2.24) is 0 Å². The third kappa shape index (κ3) is 2.07. The highest BCUT2D eigenvalue weighted by Crippen LogP contribution is 2.28. The molecule has 0 spiro atoms. The zero-order valence-corrected chi connectivity index (χ0v) is 9.10. The van der Waals surface area contributed by atoms with Crippen LogP contribution in [0.15, 0.2) is 18.2 Å². The van der Waals surface area contributed by atoms with Crippen LogP contribution in [-0.2, 0) is 4.79 Å². The van der Waals surface area contributed by atoms with Crippen LogP contribution in [0.2, 0.25) is 0 Å². The minimum atomic E-state index is -1.06. The van der Waals surface area contributed by atoms with Crippen LogP contribution in [0.5, 0.6) is 0 Å². The minimum absolute atomic E-state index is 0.0985. The fourth-order valence-electron chi connectivity index (χ4n) is 1.69. The van der Waals surface area contributed by atoms with Gasteiger partial charge in [-0.3, -0.25) is 4.79 Å². The summed E-state index contributed by atoms with van der Waals surface area (Å²) in [6.45, 7) is 1.51. The summed E-state index contributed by atoms with van der Waals surface area (Å²) >= 11 is 0. The predicted molar refractivity (Wildman–Crippen MR) is 61.1 cm³/mol. The predicted octanol–water partition coefficient (Wildman–Crippen LogP) is 0.498. The molecular weight excluding hydrogens is 224 g/mol. The van der Waals surface area contributed by atoms with Crippen LogP contribution in [0.4, 0.5) is 11.4 Å². The molecule has 6 nitrogen and oxygen atoms in total. The molecule has 1 aliphatic rings. The summed E-state index contributed by atoms with van der Waals surface area (Å²) in [4.78, 5) is 22.4. The molecule has 2 rings (SSSR count). The first-order valence-corrected chi connectivity index (χ1v) is 5.12. The van der Waals surface area contributed by atoms with E-state index in [0.29, 0.717) is 11.4 Å². The van der Waals surface area contributed by atoms with Gasteiger partial charge in [-0.2, -0.15) is 0 Å². The van der Waals surface area contributed by atoms with Crippen LogP contribution in [0.25, 0.3) is 0 Å². The number of aromatic carboxylic acids is 1. The van der Waals surface area contributed by atoms with Gasteiger partial charge in [0.25, 0.3) is 0 Å². The zero-order valence-electron chi connectivity index (χ0n) is 9.10. The van der Waals surface area contributed by atoms with E-state index in [2.05, 4.69) is 10.6 Å². The topological polar surface area (TPSA) is 98.7 Å². The molecule has 1 aromatic carbocycles. The fourth-order valence-corrected chi connectivity index (χ4v) is 1.69. The second-order valence-electron chi connectivity index (χ2n) is 3.92. The van der Waals surface area contributed by atoms with Gasteiger partial charge in [0.05, 0.1) is 23.0 Å². The summed E-state index contributed by atoms with van der Waals surface area (Å²) in [7, 11) is 0. The Labute approximate surface area is 97.3 Å². The quantitative estimate of drug-likeness (QED) is 0.599. The normalized spacial score (nSPS) is 19.9. The number of rotatable bonds is 2. The molecule has 2 atom stereocenters. The van der Waals surface area contributed by atoms with Crippen molar-refractivity contribution < 1.29 is 19.8 Å². The summed E-state index contributed by atoms with van der Waals surface area (Å²) in [5, 5.41) is 23.6. The molecule has 0 aliphatic carbocycles. The second kappa shape index (κ2) is 4.06. The molecule has 1 amide bonds. The van der Waals surface area contributed by atoms with E-state index in [4.69, 9.17) is 5.11 Å². The number of aliphatic hydroxyl groups excluding tert-OH is 1. The largest absolute Gasteiger partial charge is 0.478 e. The molecule has 0 fully saturated rings. The highest BCUT2D eigenvalue weighted by atomic mass is 16.4. The number of nitrogens with one attached hydrogen (secondary N) is 2. The lowest BCUT2D eigenvalue weighted by atomic mass is 10.1.